The highest BCUT2D eigenvalue weighted by Gasteiger charge is 2.22. The molecule has 1 fully saturated rings. The first kappa shape index (κ1) is 14.5. The SMILES string of the molecule is C[C@H](C(=O)Nc1ccc([N+](=O)[O-])cc1)N1CCCCC1. The molecule has 0 unspecified atom stereocenters. The van der Waals surface area contributed by atoms with Crippen molar-refractivity contribution in [3.05, 3.63) is 34.4 Å². The molecule has 1 aliphatic heterocycles. The monoisotopic (exact) mass is 277 g/mol. The molecule has 1 saturated heterocycles. The van der Waals surface area contributed by atoms with Gasteiger partial charge in [0.2, 0.25) is 5.91 Å². The first-order valence-electron chi connectivity index (χ1n) is 6.87. The molecule has 0 aromatic heterocycles. The maximum atomic E-state index is 12.1. The van der Waals surface area contributed by atoms with Gasteiger partial charge in [-0.1, -0.05) is 6.42 Å². The lowest BCUT2D eigenvalue weighted by Crippen LogP contribution is -2.44. The van der Waals surface area contributed by atoms with E-state index in [9.17, 15) is 14.9 Å². The van der Waals surface area contributed by atoms with Gasteiger partial charge < -0.3 is 5.32 Å². The zero-order valence-electron chi connectivity index (χ0n) is 11.5. The molecule has 1 aromatic carbocycles. The number of nitrogens with one attached hydrogen (secondary N) is 1. The Labute approximate surface area is 117 Å². The van der Waals surface area contributed by atoms with Crippen LogP contribution in [0.15, 0.2) is 24.3 Å². The van der Waals surface area contributed by atoms with Gasteiger partial charge in [0.15, 0.2) is 0 Å². The third-order valence-corrected chi connectivity index (χ3v) is 3.66. The summed E-state index contributed by atoms with van der Waals surface area (Å²) in [7, 11) is 0. The Bertz CT molecular complexity index is 481. The molecule has 0 radical (unpaired) electrons. The summed E-state index contributed by atoms with van der Waals surface area (Å²) in [6.07, 6.45) is 3.50. The van der Waals surface area contributed by atoms with E-state index in [1.54, 1.807) is 12.1 Å². The lowest BCUT2D eigenvalue weighted by Gasteiger charge is -2.31. The minimum atomic E-state index is -0.456. The van der Waals surface area contributed by atoms with E-state index >= 15 is 0 Å². The minimum Gasteiger partial charge on any atom is -0.325 e. The number of nitro groups is 1. The number of nitro benzene ring substituents is 1. The van der Waals surface area contributed by atoms with Gasteiger partial charge in [0.1, 0.15) is 0 Å². The van der Waals surface area contributed by atoms with Crippen LogP contribution in [0.2, 0.25) is 0 Å². The topological polar surface area (TPSA) is 75.5 Å². The molecule has 1 heterocycles. The number of hydrogen-bond donors (Lipinski definition) is 1. The van der Waals surface area contributed by atoms with Crippen LogP contribution in [0, 0.1) is 10.1 Å². The minimum absolute atomic E-state index is 0.0204. The fourth-order valence-corrected chi connectivity index (χ4v) is 2.38. The van der Waals surface area contributed by atoms with E-state index in [1.807, 2.05) is 6.92 Å². The smallest absolute Gasteiger partial charge is 0.269 e. The Balaban J connectivity index is 1.94. The average Bonchev–Trinajstić information content (AvgIpc) is 2.48. The molecule has 1 aliphatic rings. The summed E-state index contributed by atoms with van der Waals surface area (Å²) in [4.78, 5) is 24.4. The standard InChI is InChI=1S/C14H19N3O3/c1-11(16-9-3-2-4-10-16)14(18)15-12-5-7-13(8-6-12)17(19)20/h5-8,11H,2-4,9-10H2,1H3,(H,15,18)/t11-/m1/s1. The highest BCUT2D eigenvalue weighted by Crippen LogP contribution is 2.17. The quantitative estimate of drug-likeness (QED) is 0.677. The summed E-state index contributed by atoms with van der Waals surface area (Å²) in [6.45, 7) is 3.80. The van der Waals surface area contributed by atoms with Gasteiger partial charge in [-0.3, -0.25) is 19.8 Å². The van der Waals surface area contributed by atoms with E-state index < -0.39 is 4.92 Å². The second-order valence-electron chi connectivity index (χ2n) is 5.07. The Hall–Kier alpha value is -1.95. The molecule has 6 heteroatoms. The van der Waals surface area contributed by atoms with Gasteiger partial charge in [-0.15, -0.1) is 0 Å². The Kier molecular flexibility index (Phi) is 4.68. The van der Waals surface area contributed by atoms with Gasteiger partial charge in [-0.25, -0.2) is 0 Å². The number of likely N-dealkylation sites (tertiary alicyclic amines) is 1. The molecule has 108 valence electrons. The summed E-state index contributed by atoms with van der Waals surface area (Å²) in [6, 6.07) is 5.71. The second-order valence-corrected chi connectivity index (χ2v) is 5.07. The van der Waals surface area contributed by atoms with Gasteiger partial charge in [-0.05, 0) is 45.0 Å². The van der Waals surface area contributed by atoms with E-state index in [-0.39, 0.29) is 17.6 Å². The maximum absolute atomic E-state index is 12.1. The van der Waals surface area contributed by atoms with Crippen molar-refractivity contribution in [3.63, 3.8) is 0 Å². The third kappa shape index (κ3) is 3.54. The zero-order valence-corrected chi connectivity index (χ0v) is 11.5. The predicted molar refractivity (Wildman–Crippen MR) is 76.6 cm³/mol. The van der Waals surface area contributed by atoms with Gasteiger partial charge in [0.25, 0.3) is 5.69 Å². The van der Waals surface area contributed by atoms with Crippen molar-refractivity contribution in [2.75, 3.05) is 18.4 Å². The predicted octanol–water partition coefficient (Wildman–Crippen LogP) is 2.41. The van der Waals surface area contributed by atoms with Gasteiger partial charge in [0, 0.05) is 17.8 Å². The molecule has 0 saturated carbocycles. The first-order valence-corrected chi connectivity index (χ1v) is 6.87. The fraction of sp³-hybridized carbons (Fsp3) is 0.500. The average molecular weight is 277 g/mol. The van der Waals surface area contributed by atoms with Crippen molar-refractivity contribution in [3.8, 4) is 0 Å². The number of carbonyl (C=O) groups is 1. The van der Waals surface area contributed by atoms with Crippen LogP contribution < -0.4 is 5.32 Å². The molecule has 1 aromatic rings. The summed E-state index contributed by atoms with van der Waals surface area (Å²) in [5, 5.41) is 13.4. The van der Waals surface area contributed by atoms with Crippen LogP contribution in [0.3, 0.4) is 0 Å². The molecular formula is C14H19N3O3. The zero-order chi connectivity index (χ0) is 14.5. The fourth-order valence-electron chi connectivity index (χ4n) is 2.38. The Morgan fingerprint density at radius 1 is 1.25 bits per heavy atom. The molecule has 1 atom stereocenters. The van der Waals surface area contributed by atoms with Crippen molar-refractivity contribution < 1.29 is 9.72 Å². The number of carbonyl (C=O) groups excluding carboxylic acids is 1. The number of anilines is 1. The van der Waals surface area contributed by atoms with Crippen LogP contribution in [0.4, 0.5) is 11.4 Å². The third-order valence-electron chi connectivity index (χ3n) is 3.66. The van der Waals surface area contributed by atoms with Crippen LogP contribution in [0.5, 0.6) is 0 Å². The van der Waals surface area contributed by atoms with E-state index in [0.717, 1.165) is 25.9 Å². The lowest BCUT2D eigenvalue weighted by atomic mass is 10.1. The number of non-ortho nitro benzene ring substituents is 1. The molecule has 0 bridgehead atoms. The summed E-state index contributed by atoms with van der Waals surface area (Å²) in [5.41, 5.74) is 0.608. The van der Waals surface area contributed by atoms with Crippen LogP contribution in [-0.4, -0.2) is 34.9 Å². The van der Waals surface area contributed by atoms with Gasteiger partial charge in [0.05, 0.1) is 11.0 Å². The van der Waals surface area contributed by atoms with Crippen molar-refractivity contribution in [2.45, 2.75) is 32.2 Å². The normalized spacial score (nSPS) is 17.4. The van der Waals surface area contributed by atoms with Crippen LogP contribution in [0.1, 0.15) is 26.2 Å². The molecule has 0 aliphatic carbocycles. The number of hydrogen-bond acceptors (Lipinski definition) is 4. The van der Waals surface area contributed by atoms with E-state index in [1.165, 1.54) is 18.6 Å². The van der Waals surface area contributed by atoms with Gasteiger partial charge >= 0.3 is 0 Å². The largest absolute Gasteiger partial charge is 0.325 e. The lowest BCUT2D eigenvalue weighted by molar-refractivity contribution is -0.384. The summed E-state index contributed by atoms with van der Waals surface area (Å²) in [5.74, 6) is -0.0687. The number of nitrogens with zero attached hydrogens (tertiary/aromatic N) is 2. The van der Waals surface area contributed by atoms with E-state index in [0.29, 0.717) is 5.69 Å². The number of benzene rings is 1. The van der Waals surface area contributed by atoms with Gasteiger partial charge in [-0.2, -0.15) is 0 Å². The Morgan fingerprint density at radius 2 is 1.85 bits per heavy atom. The first-order chi connectivity index (χ1) is 9.58. The number of amides is 1. The number of rotatable bonds is 4. The maximum Gasteiger partial charge on any atom is 0.269 e. The summed E-state index contributed by atoms with van der Waals surface area (Å²) < 4.78 is 0. The Morgan fingerprint density at radius 3 is 2.40 bits per heavy atom. The molecule has 1 amide bonds. The highest BCUT2D eigenvalue weighted by atomic mass is 16.6. The second kappa shape index (κ2) is 6.47. The van der Waals surface area contributed by atoms with Crippen molar-refractivity contribution in [1.82, 2.24) is 4.90 Å². The summed E-state index contributed by atoms with van der Waals surface area (Å²) >= 11 is 0. The van der Waals surface area contributed by atoms with Crippen LogP contribution in [0.25, 0.3) is 0 Å². The highest BCUT2D eigenvalue weighted by molar-refractivity contribution is 5.94. The van der Waals surface area contributed by atoms with Crippen molar-refractivity contribution in [2.24, 2.45) is 0 Å². The molecule has 1 N–H and O–H groups in total. The van der Waals surface area contributed by atoms with E-state index in [2.05, 4.69) is 10.2 Å². The molecule has 2 rings (SSSR count). The van der Waals surface area contributed by atoms with Crippen molar-refractivity contribution >= 4 is 17.3 Å². The molecule has 0 spiro atoms. The molecule has 20 heavy (non-hydrogen) atoms. The van der Waals surface area contributed by atoms with Crippen LogP contribution >= 0.6 is 0 Å². The van der Waals surface area contributed by atoms with E-state index in [4.69, 9.17) is 0 Å². The number of piperidine rings is 1. The van der Waals surface area contributed by atoms with Crippen LogP contribution in [-0.2, 0) is 4.79 Å². The molecular weight excluding hydrogens is 258 g/mol. The van der Waals surface area contributed by atoms with Crippen molar-refractivity contribution in [1.29, 1.82) is 0 Å². The molecule has 6 nitrogen and oxygen atoms in total.